The fraction of sp³-hybridized carbons (Fsp3) is 1.00. The predicted molar refractivity (Wildman–Crippen MR) is 71.1 cm³/mol. The maximum atomic E-state index is 10.2. The third-order valence-electron chi connectivity index (χ3n) is 4.01. The van der Waals surface area contributed by atoms with Crippen LogP contribution < -0.4 is 5.32 Å². The first-order valence-corrected chi connectivity index (χ1v) is 8.36. The summed E-state index contributed by atoms with van der Waals surface area (Å²) in [6.07, 6.45) is 3.40. The van der Waals surface area contributed by atoms with Crippen molar-refractivity contribution < 1.29 is 5.11 Å². The van der Waals surface area contributed by atoms with Crippen molar-refractivity contribution in [3.05, 3.63) is 0 Å². The maximum Gasteiger partial charge on any atom is 0.0769 e. The van der Waals surface area contributed by atoms with Gasteiger partial charge in [-0.1, -0.05) is 27.7 Å². The lowest BCUT2D eigenvalue weighted by atomic mass is 10.0. The minimum absolute atomic E-state index is 0.136. The smallest absolute Gasteiger partial charge is 0.0769 e. The summed E-state index contributed by atoms with van der Waals surface area (Å²) in [6.45, 7) is 10.3. The summed E-state index contributed by atoms with van der Waals surface area (Å²) in [4.78, 5) is 0. The van der Waals surface area contributed by atoms with Gasteiger partial charge >= 0.3 is 0 Å². The van der Waals surface area contributed by atoms with Crippen molar-refractivity contribution in [2.24, 2.45) is 0 Å². The van der Waals surface area contributed by atoms with Crippen molar-refractivity contribution in [1.82, 2.24) is 5.32 Å². The van der Waals surface area contributed by atoms with E-state index in [4.69, 9.17) is 0 Å². The molecule has 1 heterocycles. The van der Waals surface area contributed by atoms with E-state index in [-0.39, 0.29) is 6.10 Å². The molecule has 0 aromatic heterocycles. The van der Waals surface area contributed by atoms with Crippen molar-refractivity contribution in [2.45, 2.75) is 56.8 Å². The van der Waals surface area contributed by atoms with Crippen LogP contribution >= 0.6 is 10.0 Å². The van der Waals surface area contributed by atoms with Crippen molar-refractivity contribution in [3.8, 4) is 0 Å². The topological polar surface area (TPSA) is 32.3 Å². The first kappa shape index (κ1) is 13.3. The van der Waals surface area contributed by atoms with Crippen LogP contribution in [0.3, 0.4) is 0 Å². The second kappa shape index (κ2) is 5.07. The van der Waals surface area contributed by atoms with Crippen LogP contribution in [0.2, 0.25) is 0 Å². The highest BCUT2D eigenvalue weighted by atomic mass is 32.3. The molecule has 1 saturated heterocycles. The van der Waals surface area contributed by atoms with E-state index in [1.165, 1.54) is 0 Å². The molecule has 1 rings (SSSR count). The maximum absolute atomic E-state index is 10.2. The van der Waals surface area contributed by atoms with Crippen LogP contribution in [0.5, 0.6) is 0 Å². The molecule has 0 aliphatic carbocycles. The summed E-state index contributed by atoms with van der Waals surface area (Å²) >= 11 is 0. The minimum Gasteiger partial charge on any atom is -0.391 e. The minimum atomic E-state index is -0.683. The van der Waals surface area contributed by atoms with Crippen LogP contribution in [0.25, 0.3) is 0 Å². The Morgan fingerprint density at radius 3 is 2.00 bits per heavy atom. The first-order chi connectivity index (χ1) is 6.88. The molecule has 0 aromatic carbocycles. The molecule has 92 valence electrons. The largest absolute Gasteiger partial charge is 0.391 e. The van der Waals surface area contributed by atoms with Gasteiger partial charge in [-0.15, -0.1) is 0 Å². The van der Waals surface area contributed by atoms with Gasteiger partial charge in [-0.25, -0.2) is 10.0 Å². The molecule has 0 saturated carbocycles. The Bertz CT molecular complexity index is 194. The number of nitrogens with one attached hydrogen (secondary N) is 1. The molecular weight excluding hydrogens is 206 g/mol. The quantitative estimate of drug-likeness (QED) is 0.761. The van der Waals surface area contributed by atoms with Gasteiger partial charge < -0.3 is 10.4 Å². The molecule has 3 heteroatoms. The number of hydrogen-bond donors (Lipinski definition) is 2. The SMILES string of the molecule is CC(C)S(C)(C[C@@H](O)[C@@H]1CCN1)C(C)C. The highest BCUT2D eigenvalue weighted by molar-refractivity contribution is 8.34. The van der Waals surface area contributed by atoms with Crippen molar-refractivity contribution in [1.29, 1.82) is 0 Å². The van der Waals surface area contributed by atoms with E-state index < -0.39 is 10.0 Å². The van der Waals surface area contributed by atoms with Gasteiger partial charge in [0.2, 0.25) is 0 Å². The first-order valence-electron chi connectivity index (χ1n) is 6.03. The highest BCUT2D eigenvalue weighted by Crippen LogP contribution is 2.53. The van der Waals surface area contributed by atoms with Crippen LogP contribution in [0.4, 0.5) is 0 Å². The highest BCUT2D eigenvalue weighted by Gasteiger charge is 2.33. The van der Waals surface area contributed by atoms with Crippen LogP contribution in [0.15, 0.2) is 0 Å². The third kappa shape index (κ3) is 2.89. The van der Waals surface area contributed by atoms with Crippen LogP contribution in [-0.4, -0.2) is 46.3 Å². The molecule has 0 bridgehead atoms. The molecule has 2 nitrogen and oxygen atoms in total. The molecule has 0 spiro atoms. The molecule has 1 aliphatic heterocycles. The number of hydrogen-bond acceptors (Lipinski definition) is 2. The number of rotatable bonds is 5. The Kier molecular flexibility index (Phi) is 4.50. The van der Waals surface area contributed by atoms with Crippen LogP contribution in [-0.2, 0) is 0 Å². The normalized spacial score (nSPS) is 25.5. The molecular formula is C12H27NOS. The van der Waals surface area contributed by atoms with Gasteiger partial charge in [0.05, 0.1) is 6.10 Å². The van der Waals surface area contributed by atoms with Crippen molar-refractivity contribution >= 4 is 10.0 Å². The molecule has 0 radical (unpaired) electrons. The van der Waals surface area contributed by atoms with Crippen LogP contribution in [0.1, 0.15) is 34.1 Å². The Hall–Kier alpha value is 0.270. The van der Waals surface area contributed by atoms with Gasteiger partial charge in [-0.05, 0) is 29.7 Å². The van der Waals surface area contributed by atoms with E-state index in [0.29, 0.717) is 16.5 Å². The van der Waals surface area contributed by atoms with E-state index in [2.05, 4.69) is 39.3 Å². The summed E-state index contributed by atoms with van der Waals surface area (Å²) in [5.74, 6) is 1.00. The lowest BCUT2D eigenvalue weighted by molar-refractivity contribution is 0.114. The zero-order chi connectivity index (χ0) is 11.6. The van der Waals surface area contributed by atoms with Gasteiger partial charge in [0.15, 0.2) is 0 Å². The van der Waals surface area contributed by atoms with Gasteiger partial charge in [0, 0.05) is 11.8 Å². The summed E-state index contributed by atoms with van der Waals surface area (Å²) < 4.78 is 0. The molecule has 1 fully saturated rings. The summed E-state index contributed by atoms with van der Waals surface area (Å²) in [5.41, 5.74) is 0. The van der Waals surface area contributed by atoms with Crippen molar-refractivity contribution in [2.75, 3.05) is 18.6 Å². The molecule has 0 aromatic rings. The predicted octanol–water partition coefficient (Wildman–Crippen LogP) is 1.96. The molecule has 0 unspecified atom stereocenters. The lowest BCUT2D eigenvalue weighted by Gasteiger charge is -2.47. The van der Waals surface area contributed by atoms with Crippen LogP contribution in [0, 0.1) is 0 Å². The zero-order valence-electron chi connectivity index (χ0n) is 10.8. The Morgan fingerprint density at radius 2 is 1.73 bits per heavy atom. The second-order valence-electron chi connectivity index (χ2n) is 5.41. The van der Waals surface area contributed by atoms with E-state index in [9.17, 15) is 5.11 Å². The van der Waals surface area contributed by atoms with Gasteiger partial charge in [0.1, 0.15) is 0 Å². The average Bonchev–Trinajstić information content (AvgIpc) is 1.99. The fourth-order valence-electron chi connectivity index (χ4n) is 2.05. The van der Waals surface area contributed by atoms with Gasteiger partial charge in [-0.3, -0.25) is 0 Å². The molecule has 2 atom stereocenters. The number of aliphatic hydroxyl groups is 1. The van der Waals surface area contributed by atoms with E-state index in [0.717, 1.165) is 18.7 Å². The fourth-order valence-corrected chi connectivity index (χ4v) is 4.88. The molecule has 1 aliphatic rings. The standard InChI is InChI=1S/C12H27NOS/c1-9(2)15(5,10(3)4)8-12(14)11-6-7-13-11/h9-14H,6-8H2,1-5H3/t11-,12+/m0/s1. The lowest BCUT2D eigenvalue weighted by Crippen LogP contribution is -2.53. The van der Waals surface area contributed by atoms with E-state index >= 15 is 0 Å². The summed E-state index contributed by atoms with van der Waals surface area (Å²) in [6, 6.07) is 0.370. The molecule has 2 N–H and O–H groups in total. The number of aliphatic hydroxyl groups excluding tert-OH is 1. The van der Waals surface area contributed by atoms with Crippen molar-refractivity contribution in [3.63, 3.8) is 0 Å². The Balaban J connectivity index is 2.57. The molecule has 15 heavy (non-hydrogen) atoms. The van der Waals surface area contributed by atoms with E-state index in [1.807, 2.05) is 0 Å². The second-order valence-corrected chi connectivity index (χ2v) is 10.1. The Labute approximate surface area is 96.2 Å². The third-order valence-corrected chi connectivity index (χ3v) is 9.38. The monoisotopic (exact) mass is 233 g/mol. The Morgan fingerprint density at radius 1 is 1.27 bits per heavy atom. The zero-order valence-corrected chi connectivity index (χ0v) is 11.6. The summed E-state index contributed by atoms with van der Waals surface area (Å²) in [5, 5.41) is 14.9. The van der Waals surface area contributed by atoms with E-state index in [1.54, 1.807) is 0 Å². The van der Waals surface area contributed by atoms with Gasteiger partial charge in [0.25, 0.3) is 0 Å². The van der Waals surface area contributed by atoms with Gasteiger partial charge in [-0.2, -0.15) is 0 Å². The average molecular weight is 233 g/mol. The summed E-state index contributed by atoms with van der Waals surface area (Å²) in [7, 11) is -0.683. The molecule has 0 amide bonds.